The predicted molar refractivity (Wildman–Crippen MR) is 245 cm³/mol. The number of alkyl carbamates (subject to hydrolysis) is 1. The van der Waals surface area contributed by atoms with Crippen LogP contribution in [0, 0.1) is 17.8 Å². The summed E-state index contributed by atoms with van der Waals surface area (Å²) in [6.07, 6.45) is -2.20. The SMILES string of the molecule is COc1ccc2c(O[C@@H]3C[C@H]4C(=O)N[C@]5(C(=O)NS(=O)(=O)C6(C)CC6)C[C@H]5/C=C\CC[C@@H](C)[C@@H](C)[C@H](NC(=O)OC(C)(C)C(F)(F)F)C(=O)N4C3)nc(-c3ccc(N4CCOCC4)cc3)cc2c1. The highest BCUT2D eigenvalue weighted by molar-refractivity contribution is 7.91. The zero-order valence-corrected chi connectivity index (χ0v) is 39.8. The van der Waals surface area contributed by atoms with E-state index in [2.05, 4.69) is 20.3 Å². The Morgan fingerprint density at radius 2 is 1.72 bits per heavy atom. The Morgan fingerprint density at radius 1 is 1.01 bits per heavy atom. The Morgan fingerprint density at radius 3 is 2.38 bits per heavy atom. The number of pyridine rings is 1. The van der Waals surface area contributed by atoms with Crippen molar-refractivity contribution < 1.29 is 59.7 Å². The van der Waals surface area contributed by atoms with Gasteiger partial charge in [0, 0.05) is 42.1 Å². The van der Waals surface area contributed by atoms with Crippen LogP contribution in [0.3, 0.4) is 0 Å². The van der Waals surface area contributed by atoms with Gasteiger partial charge in [-0.15, -0.1) is 0 Å². The van der Waals surface area contributed by atoms with Crippen molar-refractivity contribution in [3.8, 4) is 22.9 Å². The highest BCUT2D eigenvalue weighted by Gasteiger charge is 2.63. The van der Waals surface area contributed by atoms with Gasteiger partial charge in [0.2, 0.25) is 33.3 Å². The van der Waals surface area contributed by atoms with Crippen LogP contribution >= 0.6 is 0 Å². The Kier molecular flexibility index (Phi) is 13.2. The fourth-order valence-corrected chi connectivity index (χ4v) is 10.4. The molecule has 8 rings (SSSR count). The Hall–Kier alpha value is -5.63. The normalized spacial score (nSPS) is 28.0. The van der Waals surface area contributed by atoms with Crippen molar-refractivity contribution in [1.29, 1.82) is 0 Å². The first-order valence-corrected chi connectivity index (χ1v) is 24.5. The summed E-state index contributed by atoms with van der Waals surface area (Å²) in [7, 11) is -2.56. The molecular formula is C48H59F3N6O10S. The van der Waals surface area contributed by atoms with Crippen molar-refractivity contribution in [3.05, 3.63) is 60.7 Å². The van der Waals surface area contributed by atoms with E-state index in [-0.39, 0.29) is 31.2 Å². The molecule has 0 radical (unpaired) electrons. The van der Waals surface area contributed by atoms with E-state index in [1.165, 1.54) is 11.8 Å². The number of benzene rings is 2. The van der Waals surface area contributed by atoms with Crippen molar-refractivity contribution in [2.45, 2.75) is 113 Å². The topological polar surface area (TPSA) is 195 Å². The molecule has 2 aromatic carbocycles. The molecule has 0 bridgehead atoms. The number of methoxy groups -OCH3 is 1. The molecule has 20 heteroatoms. The number of nitrogens with zero attached hydrogens (tertiary/aromatic N) is 3. The van der Waals surface area contributed by atoms with Crippen LogP contribution in [0.25, 0.3) is 22.0 Å². The molecule has 4 amide bonds. The minimum Gasteiger partial charge on any atom is -0.497 e. The number of allylic oxidation sites excluding steroid dienone is 1. The lowest BCUT2D eigenvalue weighted by Gasteiger charge is -2.35. The molecule has 368 valence electrons. The van der Waals surface area contributed by atoms with Gasteiger partial charge in [-0.25, -0.2) is 18.2 Å². The zero-order chi connectivity index (χ0) is 49.0. The molecule has 5 aliphatic rings. The van der Waals surface area contributed by atoms with E-state index in [1.54, 1.807) is 32.2 Å². The minimum absolute atomic E-state index is 0.0878. The van der Waals surface area contributed by atoms with Crippen molar-refractivity contribution in [3.63, 3.8) is 0 Å². The molecule has 0 spiro atoms. The molecule has 3 N–H and O–H groups in total. The average molecular weight is 969 g/mol. The van der Waals surface area contributed by atoms with Gasteiger partial charge in [0.15, 0.2) is 0 Å². The first-order valence-electron chi connectivity index (χ1n) is 23.1. The lowest BCUT2D eigenvalue weighted by atomic mass is 9.85. The first kappa shape index (κ1) is 48.8. The number of hydrogen-bond acceptors (Lipinski definition) is 12. The fourth-order valence-electron chi connectivity index (χ4n) is 9.09. The molecule has 4 heterocycles. The van der Waals surface area contributed by atoms with Gasteiger partial charge in [0.1, 0.15) is 29.5 Å². The molecule has 1 aromatic heterocycles. The standard InChI is InChI=1S/C48H59F3N6O10S/c1-28-9-7-8-10-32-26-47(32,43(60)55-68(62,63)46(5)17-18-46)54-40(58)38-25-35(27-57(38)42(59)39(29(28)2)53-44(61)67-45(3,4)48(49,50)51)66-41-36-16-15-34(64-6)23-31(36)24-37(52-41)30-11-13-33(14-12-30)56-19-21-65-22-20-56/h8,10-16,23-24,28-29,32,35,38-39H,7,9,17-22,25-27H2,1-6H3,(H,53,61)(H,54,58)(H,55,60)/b10-8-/t28-,29-,32-,35-,38+,39+,47-/m1/s1. The van der Waals surface area contributed by atoms with Gasteiger partial charge < -0.3 is 39.4 Å². The van der Waals surface area contributed by atoms with Gasteiger partial charge in [0.05, 0.1) is 37.3 Å². The third-order valence-corrected chi connectivity index (χ3v) is 16.6. The monoisotopic (exact) mass is 968 g/mol. The quantitative estimate of drug-likeness (QED) is 0.200. The maximum Gasteiger partial charge on any atom is 0.427 e. The first-order chi connectivity index (χ1) is 32.0. The minimum atomic E-state index is -4.93. The summed E-state index contributed by atoms with van der Waals surface area (Å²) in [5.74, 6) is -3.30. The van der Waals surface area contributed by atoms with Crippen molar-refractivity contribution in [2.75, 3.05) is 44.9 Å². The Bertz CT molecular complexity index is 2580. The third-order valence-electron chi connectivity index (χ3n) is 14.4. The summed E-state index contributed by atoms with van der Waals surface area (Å²) < 4.78 is 92.0. The number of halogens is 3. The summed E-state index contributed by atoms with van der Waals surface area (Å²) in [4.78, 5) is 65.6. The van der Waals surface area contributed by atoms with Gasteiger partial charge in [-0.3, -0.25) is 19.1 Å². The van der Waals surface area contributed by atoms with E-state index >= 15 is 4.79 Å². The van der Waals surface area contributed by atoms with Crippen LogP contribution in [-0.2, 0) is 33.9 Å². The van der Waals surface area contributed by atoms with E-state index in [0.29, 0.717) is 69.6 Å². The molecule has 3 aromatic rings. The van der Waals surface area contributed by atoms with Crippen LogP contribution in [0.15, 0.2) is 60.7 Å². The van der Waals surface area contributed by atoms with E-state index < -0.39 is 85.9 Å². The second-order valence-electron chi connectivity index (χ2n) is 19.5. The molecule has 7 atom stereocenters. The average Bonchev–Trinajstić information content (AvgIpc) is 4.18. The molecule has 68 heavy (non-hydrogen) atoms. The number of morpholine rings is 1. The summed E-state index contributed by atoms with van der Waals surface area (Å²) in [5.41, 5.74) is -2.21. The van der Waals surface area contributed by atoms with Crippen molar-refractivity contribution >= 4 is 50.3 Å². The lowest BCUT2D eigenvalue weighted by Crippen LogP contribution is -2.60. The number of sulfonamides is 1. The van der Waals surface area contributed by atoms with Gasteiger partial charge >= 0.3 is 12.3 Å². The number of anilines is 1. The van der Waals surface area contributed by atoms with Crippen LogP contribution in [0.2, 0.25) is 0 Å². The molecule has 2 saturated carbocycles. The van der Waals surface area contributed by atoms with E-state index in [1.807, 2.05) is 49.4 Å². The molecule has 4 fully saturated rings. The number of alkyl halides is 3. The molecule has 2 saturated heterocycles. The van der Waals surface area contributed by atoms with Gasteiger partial charge in [0.25, 0.3) is 5.91 Å². The zero-order valence-electron chi connectivity index (χ0n) is 39.0. The number of hydrogen-bond donors (Lipinski definition) is 3. The van der Waals surface area contributed by atoms with Crippen LogP contribution < -0.4 is 29.7 Å². The summed E-state index contributed by atoms with van der Waals surface area (Å²) >= 11 is 0. The van der Waals surface area contributed by atoms with Crippen LogP contribution in [-0.4, -0.2) is 122 Å². The molecule has 3 aliphatic heterocycles. The molecule has 16 nitrogen and oxygen atoms in total. The number of carbonyl (C=O) groups excluding carboxylic acids is 4. The Balaban J connectivity index is 1.15. The molecule has 0 unspecified atom stereocenters. The molecule has 2 aliphatic carbocycles. The van der Waals surface area contributed by atoms with E-state index in [4.69, 9.17) is 23.9 Å². The smallest absolute Gasteiger partial charge is 0.427 e. The maximum atomic E-state index is 15.1. The Labute approximate surface area is 393 Å². The maximum absolute atomic E-state index is 15.1. The second kappa shape index (κ2) is 18.4. The van der Waals surface area contributed by atoms with Gasteiger partial charge in [-0.05, 0) is 106 Å². The number of aromatic nitrogens is 1. The lowest BCUT2D eigenvalue weighted by molar-refractivity contribution is -0.244. The van der Waals surface area contributed by atoms with Gasteiger partial charge in [-0.1, -0.05) is 38.1 Å². The molecular weight excluding hydrogens is 910 g/mol. The number of amides is 4. The van der Waals surface area contributed by atoms with Crippen molar-refractivity contribution in [1.82, 2.24) is 25.2 Å². The predicted octanol–water partition coefficient (Wildman–Crippen LogP) is 6.03. The summed E-state index contributed by atoms with van der Waals surface area (Å²) in [6.45, 7) is 8.99. The van der Waals surface area contributed by atoms with E-state index in [0.717, 1.165) is 29.7 Å². The summed E-state index contributed by atoms with van der Waals surface area (Å²) in [5, 5.41) is 6.55. The van der Waals surface area contributed by atoms with Crippen molar-refractivity contribution in [2.24, 2.45) is 17.8 Å². The number of nitrogens with one attached hydrogen (secondary N) is 3. The highest BCUT2D eigenvalue weighted by Crippen LogP contribution is 2.48. The number of fused-ring (bicyclic) bond motifs is 3. The van der Waals surface area contributed by atoms with Crippen LogP contribution in [0.5, 0.6) is 11.6 Å². The number of rotatable bonds is 10. The van der Waals surface area contributed by atoms with Crippen LogP contribution in [0.4, 0.5) is 23.7 Å². The third kappa shape index (κ3) is 9.80. The highest BCUT2D eigenvalue weighted by atomic mass is 32.2. The number of ether oxygens (including phenoxy) is 4. The van der Waals surface area contributed by atoms with Gasteiger partial charge in [-0.2, -0.15) is 13.2 Å². The largest absolute Gasteiger partial charge is 0.497 e. The van der Waals surface area contributed by atoms with Crippen LogP contribution in [0.1, 0.15) is 73.1 Å². The van der Waals surface area contributed by atoms with E-state index in [9.17, 15) is 36.0 Å². The summed E-state index contributed by atoms with van der Waals surface area (Å²) in [6, 6.07) is 12.3. The number of carbonyl (C=O) groups is 4. The fraction of sp³-hybridized carbons (Fsp3) is 0.562. The second-order valence-corrected chi connectivity index (χ2v) is 21.7.